The van der Waals surface area contributed by atoms with E-state index < -0.39 is 0 Å². The Kier molecular flexibility index (Phi) is 5.16. The molecule has 1 aliphatic heterocycles. The van der Waals surface area contributed by atoms with Gasteiger partial charge in [0.2, 0.25) is 0 Å². The van der Waals surface area contributed by atoms with Crippen LogP contribution in [0.25, 0.3) is 0 Å². The Balaban J connectivity index is 1.71. The van der Waals surface area contributed by atoms with Gasteiger partial charge in [0.15, 0.2) is 0 Å². The van der Waals surface area contributed by atoms with Gasteiger partial charge >= 0.3 is 0 Å². The predicted octanol–water partition coefficient (Wildman–Crippen LogP) is 4.12. The molecule has 0 unspecified atom stereocenters. The van der Waals surface area contributed by atoms with Gasteiger partial charge in [-0.15, -0.1) is 0 Å². The average Bonchev–Trinajstić information content (AvgIpc) is 2.62. The van der Waals surface area contributed by atoms with Gasteiger partial charge in [-0.3, -0.25) is 4.79 Å². The first-order valence-electron chi connectivity index (χ1n) is 8.43. The standard InChI is InChI=1S/C20H23NO3/c1-3-17-14-23-15(2)13-21(17)20(22)16-9-11-19(12-10-16)24-18-7-5-4-6-8-18/h4-12,15,17H,3,13-14H2,1-2H3/t15-,17-/m0/s1. The minimum atomic E-state index is 0.0586. The first-order chi connectivity index (χ1) is 11.7. The summed E-state index contributed by atoms with van der Waals surface area (Å²) >= 11 is 0. The first-order valence-corrected chi connectivity index (χ1v) is 8.43. The molecule has 0 saturated carbocycles. The van der Waals surface area contributed by atoms with Crippen LogP contribution < -0.4 is 4.74 Å². The first kappa shape index (κ1) is 16.5. The zero-order valence-corrected chi connectivity index (χ0v) is 14.1. The summed E-state index contributed by atoms with van der Waals surface area (Å²) in [5.41, 5.74) is 0.683. The van der Waals surface area contributed by atoms with Crippen LogP contribution in [0.5, 0.6) is 11.5 Å². The van der Waals surface area contributed by atoms with Crippen molar-refractivity contribution in [3.63, 3.8) is 0 Å². The number of hydrogen-bond acceptors (Lipinski definition) is 3. The number of nitrogens with zero attached hydrogens (tertiary/aromatic N) is 1. The summed E-state index contributed by atoms with van der Waals surface area (Å²) in [6, 6.07) is 17.1. The van der Waals surface area contributed by atoms with Gasteiger partial charge in [-0.05, 0) is 49.7 Å². The predicted molar refractivity (Wildman–Crippen MR) is 93.5 cm³/mol. The van der Waals surface area contributed by atoms with Crippen LogP contribution in [-0.4, -0.2) is 36.1 Å². The van der Waals surface area contributed by atoms with E-state index in [2.05, 4.69) is 6.92 Å². The second-order valence-electron chi connectivity index (χ2n) is 6.10. The van der Waals surface area contributed by atoms with Crippen LogP contribution in [-0.2, 0) is 4.74 Å². The second kappa shape index (κ2) is 7.49. The monoisotopic (exact) mass is 325 g/mol. The third-order valence-corrected chi connectivity index (χ3v) is 4.28. The highest BCUT2D eigenvalue weighted by molar-refractivity contribution is 5.94. The van der Waals surface area contributed by atoms with E-state index in [0.29, 0.717) is 18.7 Å². The Morgan fingerprint density at radius 2 is 1.79 bits per heavy atom. The zero-order chi connectivity index (χ0) is 16.9. The van der Waals surface area contributed by atoms with E-state index in [0.717, 1.165) is 17.9 Å². The molecule has 126 valence electrons. The molecule has 0 N–H and O–H groups in total. The van der Waals surface area contributed by atoms with Crippen LogP contribution in [0.2, 0.25) is 0 Å². The number of ether oxygens (including phenoxy) is 2. The smallest absolute Gasteiger partial charge is 0.254 e. The van der Waals surface area contributed by atoms with E-state index in [1.165, 1.54) is 0 Å². The number of hydrogen-bond donors (Lipinski definition) is 0. The maximum Gasteiger partial charge on any atom is 0.254 e. The molecule has 2 aromatic rings. The SMILES string of the molecule is CC[C@H]1CO[C@@H](C)CN1C(=O)c1ccc(Oc2ccccc2)cc1. The summed E-state index contributed by atoms with van der Waals surface area (Å²) in [6.45, 7) is 5.34. The Hall–Kier alpha value is -2.33. The van der Waals surface area contributed by atoms with Crippen molar-refractivity contribution in [1.29, 1.82) is 0 Å². The average molecular weight is 325 g/mol. The molecular formula is C20H23NO3. The van der Waals surface area contributed by atoms with Crippen LogP contribution in [0.4, 0.5) is 0 Å². The molecule has 1 amide bonds. The largest absolute Gasteiger partial charge is 0.457 e. The molecule has 2 aromatic carbocycles. The van der Waals surface area contributed by atoms with E-state index in [9.17, 15) is 4.79 Å². The fraction of sp³-hybridized carbons (Fsp3) is 0.350. The molecule has 1 aliphatic rings. The fourth-order valence-electron chi connectivity index (χ4n) is 2.89. The lowest BCUT2D eigenvalue weighted by Crippen LogP contribution is -2.51. The number of amides is 1. The van der Waals surface area contributed by atoms with E-state index >= 15 is 0 Å². The van der Waals surface area contributed by atoms with Crippen molar-refractivity contribution in [2.24, 2.45) is 0 Å². The third kappa shape index (κ3) is 3.77. The van der Waals surface area contributed by atoms with Crippen LogP contribution in [0.15, 0.2) is 54.6 Å². The minimum Gasteiger partial charge on any atom is -0.457 e. The molecule has 24 heavy (non-hydrogen) atoms. The number of benzene rings is 2. The van der Waals surface area contributed by atoms with Crippen LogP contribution in [0.1, 0.15) is 30.6 Å². The number of morpholine rings is 1. The van der Waals surface area contributed by atoms with Crippen LogP contribution >= 0.6 is 0 Å². The third-order valence-electron chi connectivity index (χ3n) is 4.28. The van der Waals surface area contributed by atoms with Crippen LogP contribution in [0.3, 0.4) is 0 Å². The van der Waals surface area contributed by atoms with Crippen LogP contribution in [0, 0.1) is 0 Å². The van der Waals surface area contributed by atoms with Crippen molar-refractivity contribution in [2.45, 2.75) is 32.4 Å². The van der Waals surface area contributed by atoms with E-state index in [1.807, 2.05) is 66.4 Å². The van der Waals surface area contributed by atoms with E-state index in [1.54, 1.807) is 0 Å². The van der Waals surface area contributed by atoms with Crippen molar-refractivity contribution in [2.75, 3.05) is 13.2 Å². The summed E-state index contributed by atoms with van der Waals surface area (Å²) in [5, 5.41) is 0. The molecule has 0 aromatic heterocycles. The van der Waals surface area contributed by atoms with Gasteiger partial charge in [-0.25, -0.2) is 0 Å². The molecule has 4 heteroatoms. The van der Waals surface area contributed by atoms with Crippen molar-refractivity contribution in [1.82, 2.24) is 4.90 Å². The molecule has 3 rings (SSSR count). The summed E-state index contributed by atoms with van der Waals surface area (Å²) in [7, 11) is 0. The van der Waals surface area contributed by atoms with Gasteiger partial charge in [-0.2, -0.15) is 0 Å². The topological polar surface area (TPSA) is 38.8 Å². The molecular weight excluding hydrogens is 302 g/mol. The van der Waals surface area contributed by atoms with Crippen molar-refractivity contribution in [3.05, 3.63) is 60.2 Å². The quantitative estimate of drug-likeness (QED) is 0.849. The Bertz CT molecular complexity index is 669. The summed E-state index contributed by atoms with van der Waals surface area (Å²) < 4.78 is 11.4. The Morgan fingerprint density at radius 3 is 2.46 bits per heavy atom. The summed E-state index contributed by atoms with van der Waals surface area (Å²) in [4.78, 5) is 14.7. The molecule has 1 fully saturated rings. The molecule has 4 nitrogen and oxygen atoms in total. The highest BCUT2D eigenvalue weighted by Crippen LogP contribution is 2.23. The normalized spacial score (nSPS) is 20.7. The number of para-hydroxylation sites is 1. The van der Waals surface area contributed by atoms with Gasteiger partial charge in [-0.1, -0.05) is 25.1 Å². The molecule has 0 radical (unpaired) electrons. The van der Waals surface area contributed by atoms with Gasteiger partial charge in [0.05, 0.1) is 18.8 Å². The number of rotatable bonds is 4. The lowest BCUT2D eigenvalue weighted by atomic mass is 10.1. The highest BCUT2D eigenvalue weighted by Gasteiger charge is 2.29. The minimum absolute atomic E-state index is 0.0586. The highest BCUT2D eigenvalue weighted by atomic mass is 16.5. The maximum atomic E-state index is 12.8. The van der Waals surface area contributed by atoms with Crippen molar-refractivity contribution < 1.29 is 14.3 Å². The Morgan fingerprint density at radius 1 is 1.12 bits per heavy atom. The van der Waals surface area contributed by atoms with Crippen molar-refractivity contribution >= 4 is 5.91 Å². The molecule has 0 bridgehead atoms. The zero-order valence-electron chi connectivity index (χ0n) is 14.1. The number of carbonyl (C=O) groups is 1. The van der Waals surface area contributed by atoms with E-state index in [4.69, 9.17) is 9.47 Å². The maximum absolute atomic E-state index is 12.8. The van der Waals surface area contributed by atoms with Gasteiger partial charge in [0, 0.05) is 12.1 Å². The number of carbonyl (C=O) groups excluding carboxylic acids is 1. The van der Waals surface area contributed by atoms with Gasteiger partial charge in [0.25, 0.3) is 5.91 Å². The molecule has 1 heterocycles. The Labute approximate surface area is 143 Å². The summed E-state index contributed by atoms with van der Waals surface area (Å²) in [5.74, 6) is 1.56. The van der Waals surface area contributed by atoms with E-state index in [-0.39, 0.29) is 18.1 Å². The molecule has 0 spiro atoms. The molecule has 0 aliphatic carbocycles. The van der Waals surface area contributed by atoms with Crippen molar-refractivity contribution in [3.8, 4) is 11.5 Å². The lowest BCUT2D eigenvalue weighted by Gasteiger charge is -2.38. The molecule has 2 atom stereocenters. The second-order valence-corrected chi connectivity index (χ2v) is 6.10. The lowest BCUT2D eigenvalue weighted by molar-refractivity contribution is -0.0444. The van der Waals surface area contributed by atoms with Gasteiger partial charge in [0.1, 0.15) is 11.5 Å². The summed E-state index contributed by atoms with van der Waals surface area (Å²) in [6.07, 6.45) is 0.977. The fourth-order valence-corrected chi connectivity index (χ4v) is 2.89. The molecule has 1 saturated heterocycles. The van der Waals surface area contributed by atoms with Gasteiger partial charge < -0.3 is 14.4 Å².